The van der Waals surface area contributed by atoms with Crippen LogP contribution >= 0.6 is 0 Å². The van der Waals surface area contributed by atoms with Crippen molar-refractivity contribution in [2.75, 3.05) is 6.79 Å². The highest BCUT2D eigenvalue weighted by molar-refractivity contribution is 5.88. The lowest BCUT2D eigenvalue weighted by Gasteiger charge is -2.03. The van der Waals surface area contributed by atoms with Crippen molar-refractivity contribution in [3.05, 3.63) is 47.5 Å². The summed E-state index contributed by atoms with van der Waals surface area (Å²) in [6, 6.07) is 11.9. The van der Waals surface area contributed by atoms with E-state index in [1.165, 1.54) is 0 Å². The Kier molecular flexibility index (Phi) is 3.27. The number of ether oxygens (including phenoxy) is 2. The summed E-state index contributed by atoms with van der Waals surface area (Å²) in [6.07, 6.45) is 0.285. The largest absolute Gasteiger partial charge is 0.456 e. The fraction of sp³-hybridized carbons (Fsp3) is 0.263. The molecule has 0 radical (unpaired) electrons. The summed E-state index contributed by atoms with van der Waals surface area (Å²) < 4.78 is 16.8. The Morgan fingerprint density at radius 2 is 1.91 bits per heavy atom. The Balaban J connectivity index is 1.80. The number of aliphatic hydroxyl groups is 1. The Hall–Kier alpha value is -2.46. The number of fused-ring (bicyclic) bond motifs is 2. The van der Waals surface area contributed by atoms with Crippen LogP contribution in [0.1, 0.15) is 18.1 Å². The Labute approximate surface area is 134 Å². The highest BCUT2D eigenvalue weighted by atomic mass is 16.7. The summed E-state index contributed by atoms with van der Waals surface area (Å²) in [7, 11) is 0. The minimum atomic E-state index is -0.354. The molecule has 4 heteroatoms. The molecule has 0 aliphatic carbocycles. The summed E-state index contributed by atoms with van der Waals surface area (Å²) >= 11 is 0. The molecule has 0 saturated carbocycles. The van der Waals surface area contributed by atoms with Crippen molar-refractivity contribution in [1.29, 1.82) is 0 Å². The lowest BCUT2D eigenvalue weighted by atomic mass is 10.0. The fourth-order valence-electron chi connectivity index (χ4n) is 3.05. The molecular weight excluding hydrogens is 292 g/mol. The van der Waals surface area contributed by atoms with Crippen LogP contribution in [0.5, 0.6) is 11.5 Å². The van der Waals surface area contributed by atoms with Crippen LogP contribution in [0.3, 0.4) is 0 Å². The lowest BCUT2D eigenvalue weighted by molar-refractivity contribution is 0.174. The van der Waals surface area contributed by atoms with Crippen molar-refractivity contribution >= 4 is 11.0 Å². The van der Waals surface area contributed by atoms with E-state index in [2.05, 4.69) is 13.0 Å². The maximum absolute atomic E-state index is 9.57. The molecule has 1 unspecified atom stereocenters. The van der Waals surface area contributed by atoms with Crippen molar-refractivity contribution in [1.82, 2.24) is 0 Å². The van der Waals surface area contributed by atoms with Gasteiger partial charge in [0.05, 0.1) is 6.10 Å². The first-order valence-corrected chi connectivity index (χ1v) is 7.72. The van der Waals surface area contributed by atoms with Crippen LogP contribution in [0.15, 0.2) is 40.8 Å². The second kappa shape index (κ2) is 5.32. The standard InChI is InChI=1S/C19H18O4/c1-11(20)7-13-3-5-16-15(8-13)12(2)19(23-16)14-4-6-17-18(9-14)22-10-21-17/h3-6,8-9,11,20H,7,10H2,1-2H3. The molecule has 3 aromatic rings. The number of hydrogen-bond acceptors (Lipinski definition) is 4. The van der Waals surface area contributed by atoms with E-state index in [-0.39, 0.29) is 12.9 Å². The van der Waals surface area contributed by atoms with E-state index < -0.39 is 0 Å². The number of aryl methyl sites for hydroxylation is 1. The van der Waals surface area contributed by atoms with Crippen LogP contribution in [-0.4, -0.2) is 18.0 Å². The molecule has 1 aliphatic heterocycles. The second-order valence-electron chi connectivity index (χ2n) is 6.01. The van der Waals surface area contributed by atoms with Gasteiger partial charge in [-0.05, 0) is 56.2 Å². The molecule has 0 fully saturated rings. The number of rotatable bonds is 3. The topological polar surface area (TPSA) is 51.8 Å². The number of benzene rings is 2. The van der Waals surface area contributed by atoms with Crippen LogP contribution < -0.4 is 9.47 Å². The van der Waals surface area contributed by atoms with E-state index in [1.807, 2.05) is 30.3 Å². The maximum Gasteiger partial charge on any atom is 0.231 e. The molecule has 118 valence electrons. The first-order valence-electron chi connectivity index (χ1n) is 7.72. The third kappa shape index (κ3) is 2.45. The van der Waals surface area contributed by atoms with E-state index >= 15 is 0 Å². The highest BCUT2D eigenvalue weighted by Gasteiger charge is 2.18. The van der Waals surface area contributed by atoms with E-state index in [9.17, 15) is 5.11 Å². The van der Waals surface area contributed by atoms with Crippen LogP contribution in [0.2, 0.25) is 0 Å². The monoisotopic (exact) mass is 310 g/mol. The molecule has 1 aliphatic rings. The van der Waals surface area contributed by atoms with E-state index in [1.54, 1.807) is 6.92 Å². The van der Waals surface area contributed by atoms with Gasteiger partial charge in [0.1, 0.15) is 11.3 Å². The maximum atomic E-state index is 9.57. The quantitative estimate of drug-likeness (QED) is 0.792. The molecule has 0 bridgehead atoms. The minimum absolute atomic E-state index is 0.264. The third-order valence-corrected chi connectivity index (χ3v) is 4.17. The average molecular weight is 310 g/mol. The van der Waals surface area contributed by atoms with Crippen molar-refractivity contribution in [3.63, 3.8) is 0 Å². The molecule has 2 aromatic carbocycles. The van der Waals surface area contributed by atoms with Gasteiger partial charge < -0.3 is 19.0 Å². The van der Waals surface area contributed by atoms with Gasteiger partial charge in [0.25, 0.3) is 0 Å². The molecule has 0 saturated heterocycles. The van der Waals surface area contributed by atoms with Gasteiger partial charge >= 0.3 is 0 Å². The van der Waals surface area contributed by atoms with Crippen molar-refractivity contribution in [2.24, 2.45) is 0 Å². The molecule has 1 atom stereocenters. The minimum Gasteiger partial charge on any atom is -0.456 e. The van der Waals surface area contributed by atoms with Crippen LogP contribution in [-0.2, 0) is 6.42 Å². The van der Waals surface area contributed by atoms with Gasteiger partial charge in [0.15, 0.2) is 11.5 Å². The number of furan rings is 1. The van der Waals surface area contributed by atoms with Crippen molar-refractivity contribution in [3.8, 4) is 22.8 Å². The van der Waals surface area contributed by atoms with Crippen molar-refractivity contribution < 1.29 is 19.0 Å². The third-order valence-electron chi connectivity index (χ3n) is 4.17. The predicted molar refractivity (Wildman–Crippen MR) is 87.9 cm³/mol. The summed E-state index contributed by atoms with van der Waals surface area (Å²) in [5, 5.41) is 10.7. The second-order valence-corrected chi connectivity index (χ2v) is 6.01. The first-order chi connectivity index (χ1) is 11.1. The summed E-state index contributed by atoms with van der Waals surface area (Å²) in [6.45, 7) is 4.11. The van der Waals surface area contributed by atoms with E-state index in [0.29, 0.717) is 6.42 Å². The Bertz CT molecular complexity index is 876. The van der Waals surface area contributed by atoms with Crippen molar-refractivity contribution in [2.45, 2.75) is 26.4 Å². The Morgan fingerprint density at radius 1 is 1.09 bits per heavy atom. The van der Waals surface area contributed by atoms with Crippen LogP contribution in [0.4, 0.5) is 0 Å². The molecule has 0 spiro atoms. The zero-order valence-corrected chi connectivity index (χ0v) is 13.1. The van der Waals surface area contributed by atoms with Gasteiger partial charge in [0, 0.05) is 16.5 Å². The number of aliphatic hydroxyl groups excluding tert-OH is 1. The summed E-state index contributed by atoms with van der Waals surface area (Å²) in [4.78, 5) is 0. The van der Waals surface area contributed by atoms with Gasteiger partial charge in [-0.3, -0.25) is 0 Å². The predicted octanol–water partition coefficient (Wildman–Crippen LogP) is 4.06. The summed E-state index contributed by atoms with van der Waals surface area (Å²) in [5.74, 6) is 2.35. The molecule has 1 N–H and O–H groups in total. The lowest BCUT2D eigenvalue weighted by Crippen LogP contribution is -2.03. The zero-order valence-electron chi connectivity index (χ0n) is 13.1. The van der Waals surface area contributed by atoms with Crippen LogP contribution in [0, 0.1) is 6.92 Å². The molecule has 2 heterocycles. The van der Waals surface area contributed by atoms with Gasteiger partial charge in [-0.25, -0.2) is 0 Å². The van der Waals surface area contributed by atoms with E-state index in [4.69, 9.17) is 13.9 Å². The SMILES string of the molecule is Cc1c(-c2ccc3c(c2)OCO3)oc2ccc(CC(C)O)cc12. The first kappa shape index (κ1) is 14.2. The molecule has 23 heavy (non-hydrogen) atoms. The van der Waals surface area contributed by atoms with Gasteiger partial charge in [-0.15, -0.1) is 0 Å². The molecule has 4 rings (SSSR count). The summed E-state index contributed by atoms with van der Waals surface area (Å²) in [5.41, 5.74) is 4.02. The molecule has 0 amide bonds. The van der Waals surface area contributed by atoms with E-state index in [0.717, 1.165) is 44.9 Å². The molecule has 1 aromatic heterocycles. The average Bonchev–Trinajstić information content (AvgIpc) is 3.11. The molecular formula is C19H18O4. The smallest absolute Gasteiger partial charge is 0.231 e. The van der Waals surface area contributed by atoms with Gasteiger partial charge in [-0.1, -0.05) is 6.07 Å². The van der Waals surface area contributed by atoms with Crippen LogP contribution in [0.25, 0.3) is 22.3 Å². The molecule has 4 nitrogen and oxygen atoms in total. The normalized spacial score (nSPS) is 14.4. The van der Waals surface area contributed by atoms with Gasteiger partial charge in [0.2, 0.25) is 6.79 Å². The Morgan fingerprint density at radius 3 is 2.74 bits per heavy atom. The fourth-order valence-corrected chi connectivity index (χ4v) is 3.05. The zero-order chi connectivity index (χ0) is 16.0. The number of hydrogen-bond donors (Lipinski definition) is 1. The van der Waals surface area contributed by atoms with Gasteiger partial charge in [-0.2, -0.15) is 0 Å². The highest BCUT2D eigenvalue weighted by Crippen LogP contribution is 2.39.